The zero-order valence-corrected chi connectivity index (χ0v) is 17.2. The number of hydrogen-bond acceptors (Lipinski definition) is 3. The van der Waals surface area contributed by atoms with Gasteiger partial charge < -0.3 is 14.6 Å². The second-order valence-corrected chi connectivity index (χ2v) is 12.6. The first-order chi connectivity index (χ1) is 8.85. The lowest BCUT2D eigenvalue weighted by Crippen LogP contribution is -2.48. The van der Waals surface area contributed by atoms with Gasteiger partial charge in [0.25, 0.3) is 0 Å². The van der Waals surface area contributed by atoms with Crippen LogP contribution in [0.2, 0.25) is 18.1 Å². The molecule has 0 saturated heterocycles. The van der Waals surface area contributed by atoms with E-state index in [0.29, 0.717) is 0 Å². The summed E-state index contributed by atoms with van der Waals surface area (Å²) in [5.74, 6) is -0.143. The Hall–Kier alpha value is 0.567. The summed E-state index contributed by atoms with van der Waals surface area (Å²) in [7, 11) is -1.93. The van der Waals surface area contributed by atoms with E-state index in [2.05, 4.69) is 56.5 Å². The van der Waals surface area contributed by atoms with Crippen molar-refractivity contribution < 1.29 is 14.6 Å². The molecule has 0 saturated carbocycles. The Bertz CT molecular complexity index is 335. The third-order valence-corrected chi connectivity index (χ3v) is 9.80. The van der Waals surface area contributed by atoms with Crippen molar-refractivity contribution in [3.8, 4) is 0 Å². The third-order valence-electron chi connectivity index (χ3n) is 4.36. The Morgan fingerprint density at radius 3 is 1.95 bits per heavy atom. The van der Waals surface area contributed by atoms with Crippen LogP contribution in [0.3, 0.4) is 0 Å². The molecule has 2 N–H and O–H groups in total. The van der Waals surface area contributed by atoms with Gasteiger partial charge in [-0.1, -0.05) is 50.3 Å². The van der Waals surface area contributed by atoms with E-state index in [1.165, 1.54) is 0 Å². The van der Waals surface area contributed by atoms with Crippen molar-refractivity contribution >= 4 is 30.9 Å². The van der Waals surface area contributed by atoms with E-state index in [-0.39, 0.29) is 17.1 Å². The highest BCUT2D eigenvalue weighted by Gasteiger charge is 2.41. The summed E-state index contributed by atoms with van der Waals surface area (Å²) in [5.41, 5.74) is 1.10. The maximum absolute atomic E-state index is 10.2. The summed E-state index contributed by atoms with van der Waals surface area (Å²) >= 11 is 2.20. The molecule has 0 aromatic carbocycles. The molecule has 0 radical (unpaired) electrons. The molecule has 0 aromatic heterocycles. The molecule has 4 atom stereocenters. The molecule has 20 heavy (non-hydrogen) atoms. The minimum absolute atomic E-state index is 0.117. The molecule has 0 spiro atoms. The van der Waals surface area contributed by atoms with Gasteiger partial charge in [-0.3, -0.25) is 0 Å². The lowest BCUT2D eigenvalue weighted by atomic mass is 9.91. The smallest absolute Gasteiger partial charge is 0.192 e. The van der Waals surface area contributed by atoms with Crippen LogP contribution in [0.4, 0.5) is 0 Å². The zero-order chi connectivity index (χ0) is 16.3. The van der Waals surface area contributed by atoms with E-state index in [9.17, 15) is 10.2 Å². The second kappa shape index (κ2) is 7.72. The average Bonchev–Trinajstić information content (AvgIpc) is 2.31. The predicted octanol–water partition coefficient (Wildman–Crippen LogP) is 4.09. The quantitative estimate of drug-likeness (QED) is 0.509. The van der Waals surface area contributed by atoms with Gasteiger partial charge in [0.2, 0.25) is 0 Å². The van der Waals surface area contributed by atoms with Gasteiger partial charge in [0, 0.05) is 5.92 Å². The number of hydrogen-bond donors (Lipinski definition) is 2. The lowest BCUT2D eigenvalue weighted by Gasteiger charge is -2.42. The molecule has 0 unspecified atom stereocenters. The standard InChI is InChI=1S/C15H31IO3Si/c1-10(9-16)14(11(2)13(18)12(3)17)19-20(7,8)15(4,5)6/h9,11-14,17-18H,1-8H3/b10-9+/t11-,12-,13+,14+/m0/s1. The van der Waals surface area contributed by atoms with Gasteiger partial charge in [0.15, 0.2) is 8.32 Å². The molecule has 3 nitrogen and oxygen atoms in total. The molecule has 0 amide bonds. The van der Waals surface area contributed by atoms with E-state index >= 15 is 0 Å². The first kappa shape index (κ1) is 20.6. The molecule has 0 aliphatic rings. The summed E-state index contributed by atoms with van der Waals surface area (Å²) in [6.45, 7) is 16.6. The van der Waals surface area contributed by atoms with Crippen LogP contribution in [0.25, 0.3) is 0 Å². The Balaban J connectivity index is 5.31. The third kappa shape index (κ3) is 5.40. The van der Waals surface area contributed by atoms with Crippen molar-refractivity contribution in [1.29, 1.82) is 0 Å². The molecule has 0 aliphatic carbocycles. The summed E-state index contributed by atoms with van der Waals surface area (Å²) in [6, 6.07) is 0. The Kier molecular flexibility index (Phi) is 7.93. The van der Waals surface area contributed by atoms with Crippen molar-refractivity contribution in [3.05, 3.63) is 9.66 Å². The largest absolute Gasteiger partial charge is 0.410 e. The van der Waals surface area contributed by atoms with Crippen LogP contribution in [0, 0.1) is 5.92 Å². The lowest BCUT2D eigenvalue weighted by molar-refractivity contribution is -0.0320. The molecule has 0 rings (SSSR count). The fraction of sp³-hybridized carbons (Fsp3) is 0.867. The van der Waals surface area contributed by atoms with Gasteiger partial charge in [0.1, 0.15) is 0 Å². The summed E-state index contributed by atoms with van der Waals surface area (Å²) < 4.78 is 8.48. The van der Waals surface area contributed by atoms with Gasteiger partial charge in [-0.05, 0) is 41.6 Å². The molecule has 0 aromatic rings. The van der Waals surface area contributed by atoms with Crippen LogP contribution < -0.4 is 0 Å². The highest BCUT2D eigenvalue weighted by atomic mass is 127. The molecule has 0 aliphatic heterocycles. The first-order valence-corrected chi connectivity index (χ1v) is 11.3. The van der Waals surface area contributed by atoms with Gasteiger partial charge >= 0.3 is 0 Å². The van der Waals surface area contributed by atoms with Crippen LogP contribution in [0.15, 0.2) is 9.66 Å². The van der Waals surface area contributed by atoms with Crippen LogP contribution in [-0.2, 0) is 4.43 Å². The van der Waals surface area contributed by atoms with Crippen LogP contribution in [0.1, 0.15) is 41.5 Å². The molecule has 0 bridgehead atoms. The van der Waals surface area contributed by atoms with Crippen molar-refractivity contribution in [3.63, 3.8) is 0 Å². The fourth-order valence-corrected chi connectivity index (χ4v) is 3.53. The number of halogens is 1. The number of rotatable bonds is 6. The van der Waals surface area contributed by atoms with Crippen molar-refractivity contribution in [1.82, 2.24) is 0 Å². The molecule has 120 valence electrons. The van der Waals surface area contributed by atoms with Crippen molar-refractivity contribution in [2.75, 3.05) is 0 Å². The predicted molar refractivity (Wildman–Crippen MR) is 96.7 cm³/mol. The van der Waals surface area contributed by atoms with Crippen molar-refractivity contribution in [2.45, 2.75) is 78.0 Å². The highest BCUT2D eigenvalue weighted by Crippen LogP contribution is 2.39. The van der Waals surface area contributed by atoms with Gasteiger partial charge in [0.05, 0.1) is 18.3 Å². The topological polar surface area (TPSA) is 49.7 Å². The summed E-state index contributed by atoms with van der Waals surface area (Å²) in [4.78, 5) is 0. The normalized spacial score (nSPS) is 20.4. The Morgan fingerprint density at radius 2 is 1.65 bits per heavy atom. The van der Waals surface area contributed by atoms with Gasteiger partial charge in [-0.25, -0.2) is 0 Å². The Labute approximate surface area is 139 Å². The van der Waals surface area contributed by atoms with Gasteiger partial charge in [-0.15, -0.1) is 0 Å². The molecule has 0 fully saturated rings. The van der Waals surface area contributed by atoms with Crippen molar-refractivity contribution in [2.24, 2.45) is 5.92 Å². The summed E-state index contributed by atoms with van der Waals surface area (Å²) in [6.07, 6.45) is -1.69. The number of aliphatic hydroxyl groups is 2. The van der Waals surface area contributed by atoms with E-state index < -0.39 is 20.5 Å². The minimum atomic E-state index is -1.93. The van der Waals surface area contributed by atoms with Crippen LogP contribution >= 0.6 is 22.6 Å². The highest BCUT2D eigenvalue weighted by molar-refractivity contribution is 14.1. The van der Waals surface area contributed by atoms with Crippen LogP contribution in [-0.4, -0.2) is 36.8 Å². The first-order valence-electron chi connectivity index (χ1n) is 7.16. The Morgan fingerprint density at radius 1 is 1.20 bits per heavy atom. The van der Waals surface area contributed by atoms with E-state index in [1.54, 1.807) is 6.92 Å². The van der Waals surface area contributed by atoms with E-state index in [1.807, 2.05) is 17.9 Å². The fourth-order valence-electron chi connectivity index (χ4n) is 1.79. The molecular formula is C15H31IO3Si. The molecule has 0 heterocycles. The molecule has 5 heteroatoms. The number of aliphatic hydroxyl groups excluding tert-OH is 2. The minimum Gasteiger partial charge on any atom is -0.410 e. The van der Waals surface area contributed by atoms with Gasteiger partial charge in [-0.2, -0.15) is 0 Å². The molecular weight excluding hydrogens is 383 g/mol. The summed E-state index contributed by atoms with van der Waals surface area (Å²) in [5, 5.41) is 19.9. The van der Waals surface area contributed by atoms with Crippen LogP contribution in [0.5, 0.6) is 0 Å². The monoisotopic (exact) mass is 414 g/mol. The zero-order valence-electron chi connectivity index (χ0n) is 14.1. The average molecular weight is 414 g/mol. The SMILES string of the molecule is C/C(=C\I)[C@@H](O[Si](C)(C)C(C)(C)C)[C@@H](C)[C@@H](O)[C@H](C)O. The van der Waals surface area contributed by atoms with E-state index in [0.717, 1.165) is 5.57 Å². The maximum Gasteiger partial charge on any atom is 0.192 e. The second-order valence-electron chi connectivity index (χ2n) is 7.24. The maximum atomic E-state index is 10.2. The van der Waals surface area contributed by atoms with E-state index in [4.69, 9.17) is 4.43 Å².